The zero-order valence-corrected chi connectivity index (χ0v) is 13.8. The molecule has 1 aromatic heterocycles. The highest BCUT2D eigenvalue weighted by atomic mass is 32.1. The summed E-state index contributed by atoms with van der Waals surface area (Å²) in [6, 6.07) is 2.33. The number of carbonyl (C=O) groups excluding carboxylic acids is 1. The fraction of sp³-hybridized carbons (Fsp3) is 0.667. The van der Waals surface area contributed by atoms with Gasteiger partial charge in [-0.25, -0.2) is 4.79 Å². The van der Waals surface area contributed by atoms with Gasteiger partial charge in [0, 0.05) is 37.1 Å². The van der Waals surface area contributed by atoms with Gasteiger partial charge in [-0.05, 0) is 44.2 Å². The molecule has 1 unspecified atom stereocenters. The molecular formula is C15H25N3O2S. The fourth-order valence-corrected chi connectivity index (χ4v) is 3.35. The molecule has 1 aromatic rings. The lowest BCUT2D eigenvalue weighted by atomic mass is 10.1. The molecule has 0 radical (unpaired) electrons. The molecule has 0 saturated carbocycles. The lowest BCUT2D eigenvalue weighted by Gasteiger charge is -2.34. The summed E-state index contributed by atoms with van der Waals surface area (Å²) in [7, 11) is 0. The van der Waals surface area contributed by atoms with E-state index in [9.17, 15) is 4.79 Å². The van der Waals surface area contributed by atoms with Crippen molar-refractivity contribution in [3.63, 3.8) is 0 Å². The molecule has 2 rings (SSSR count). The third-order valence-corrected chi connectivity index (χ3v) is 4.53. The second-order valence-electron chi connectivity index (χ2n) is 6.36. The molecule has 1 aliphatic rings. The monoisotopic (exact) mass is 311 g/mol. The highest BCUT2D eigenvalue weighted by Crippen LogP contribution is 2.24. The van der Waals surface area contributed by atoms with Gasteiger partial charge in [-0.1, -0.05) is 0 Å². The maximum absolute atomic E-state index is 11.7. The number of hydrogen-bond donors (Lipinski definition) is 2. The van der Waals surface area contributed by atoms with Crippen LogP contribution in [0.3, 0.4) is 0 Å². The van der Waals surface area contributed by atoms with E-state index in [0.29, 0.717) is 13.1 Å². The van der Waals surface area contributed by atoms with Crippen molar-refractivity contribution in [3.05, 3.63) is 21.9 Å². The first-order valence-electron chi connectivity index (χ1n) is 7.35. The summed E-state index contributed by atoms with van der Waals surface area (Å²) < 4.78 is 5.26. The standard InChI is InChI=1S/C15H25N3O2S/c1-15(2,3)20-14(19)17-9-12(8-16)18-6-4-13-11(10-18)5-7-21-13/h5,7,12H,4,6,8-10,16H2,1-3H3,(H,17,19). The van der Waals surface area contributed by atoms with Crippen LogP contribution in [-0.2, 0) is 17.7 Å². The summed E-state index contributed by atoms with van der Waals surface area (Å²) in [6.45, 7) is 8.52. The van der Waals surface area contributed by atoms with Gasteiger partial charge in [-0.2, -0.15) is 0 Å². The predicted molar refractivity (Wildman–Crippen MR) is 85.5 cm³/mol. The van der Waals surface area contributed by atoms with E-state index in [1.54, 1.807) is 0 Å². The quantitative estimate of drug-likeness (QED) is 0.892. The van der Waals surface area contributed by atoms with Gasteiger partial charge in [-0.3, -0.25) is 4.90 Å². The number of amides is 1. The Labute approximate surface area is 130 Å². The van der Waals surface area contributed by atoms with E-state index in [4.69, 9.17) is 10.5 Å². The summed E-state index contributed by atoms with van der Waals surface area (Å²) in [5, 5.41) is 4.97. The second-order valence-corrected chi connectivity index (χ2v) is 7.36. The van der Waals surface area contributed by atoms with Crippen molar-refractivity contribution in [1.82, 2.24) is 10.2 Å². The van der Waals surface area contributed by atoms with E-state index in [2.05, 4.69) is 21.7 Å². The Bertz CT molecular complexity index is 482. The van der Waals surface area contributed by atoms with Gasteiger partial charge >= 0.3 is 6.09 Å². The van der Waals surface area contributed by atoms with Crippen LogP contribution in [0.1, 0.15) is 31.2 Å². The molecule has 2 heterocycles. The van der Waals surface area contributed by atoms with E-state index in [1.165, 1.54) is 10.4 Å². The summed E-state index contributed by atoms with van der Waals surface area (Å²) in [4.78, 5) is 15.5. The number of thiophene rings is 1. The van der Waals surface area contributed by atoms with E-state index >= 15 is 0 Å². The van der Waals surface area contributed by atoms with Crippen LogP contribution in [0, 0.1) is 0 Å². The maximum atomic E-state index is 11.7. The zero-order valence-electron chi connectivity index (χ0n) is 13.0. The highest BCUT2D eigenvalue weighted by molar-refractivity contribution is 7.10. The lowest BCUT2D eigenvalue weighted by molar-refractivity contribution is 0.0505. The number of carbonyl (C=O) groups is 1. The molecule has 5 nitrogen and oxygen atoms in total. The van der Waals surface area contributed by atoms with E-state index < -0.39 is 5.60 Å². The number of hydrogen-bond acceptors (Lipinski definition) is 5. The van der Waals surface area contributed by atoms with Crippen LogP contribution in [-0.4, -0.2) is 42.3 Å². The Kier molecular flexibility index (Phi) is 5.24. The van der Waals surface area contributed by atoms with Crippen molar-refractivity contribution in [1.29, 1.82) is 0 Å². The van der Waals surface area contributed by atoms with Crippen LogP contribution in [0.15, 0.2) is 11.4 Å². The molecule has 0 spiro atoms. The molecule has 6 heteroatoms. The normalized spacial score (nSPS) is 17.1. The topological polar surface area (TPSA) is 67.6 Å². The summed E-state index contributed by atoms with van der Waals surface area (Å²) >= 11 is 1.82. The number of nitrogens with two attached hydrogens (primary N) is 1. The largest absolute Gasteiger partial charge is 0.444 e. The first kappa shape index (κ1) is 16.3. The summed E-state index contributed by atoms with van der Waals surface area (Å²) in [6.07, 6.45) is 0.685. The molecule has 0 fully saturated rings. The molecule has 1 atom stereocenters. The van der Waals surface area contributed by atoms with Crippen molar-refractivity contribution >= 4 is 17.4 Å². The Morgan fingerprint density at radius 1 is 1.57 bits per heavy atom. The molecule has 0 saturated heterocycles. The van der Waals surface area contributed by atoms with Crippen LogP contribution in [0.25, 0.3) is 0 Å². The second kappa shape index (κ2) is 6.77. The van der Waals surface area contributed by atoms with Gasteiger partial charge in [0.15, 0.2) is 0 Å². The maximum Gasteiger partial charge on any atom is 0.407 e. The number of ether oxygens (including phenoxy) is 1. The third kappa shape index (κ3) is 4.69. The van der Waals surface area contributed by atoms with Gasteiger partial charge in [0.05, 0.1) is 0 Å². The number of alkyl carbamates (subject to hydrolysis) is 1. The van der Waals surface area contributed by atoms with Gasteiger partial charge in [-0.15, -0.1) is 11.3 Å². The van der Waals surface area contributed by atoms with Crippen LogP contribution in [0.4, 0.5) is 4.79 Å². The molecule has 1 aliphatic heterocycles. The summed E-state index contributed by atoms with van der Waals surface area (Å²) in [5.74, 6) is 0. The molecule has 0 aliphatic carbocycles. The van der Waals surface area contributed by atoms with E-state index in [1.807, 2.05) is 32.1 Å². The molecule has 0 aromatic carbocycles. The first-order chi connectivity index (χ1) is 9.89. The number of rotatable bonds is 4. The summed E-state index contributed by atoms with van der Waals surface area (Å²) in [5.41, 5.74) is 6.80. The van der Waals surface area contributed by atoms with Gasteiger partial charge in [0.25, 0.3) is 0 Å². The average molecular weight is 311 g/mol. The third-order valence-electron chi connectivity index (χ3n) is 3.51. The van der Waals surface area contributed by atoms with Gasteiger partial charge in [0.2, 0.25) is 0 Å². The van der Waals surface area contributed by atoms with Crippen molar-refractivity contribution in [3.8, 4) is 0 Å². The van der Waals surface area contributed by atoms with Crippen molar-refractivity contribution in [2.75, 3.05) is 19.6 Å². The molecule has 21 heavy (non-hydrogen) atoms. The fourth-order valence-electron chi connectivity index (χ4n) is 2.46. The number of nitrogens with zero attached hydrogens (tertiary/aromatic N) is 1. The Morgan fingerprint density at radius 3 is 3.00 bits per heavy atom. The smallest absolute Gasteiger partial charge is 0.407 e. The minimum absolute atomic E-state index is 0.144. The molecule has 3 N–H and O–H groups in total. The van der Waals surface area contributed by atoms with Crippen molar-refractivity contribution in [2.24, 2.45) is 5.73 Å². The number of fused-ring (bicyclic) bond motifs is 1. The highest BCUT2D eigenvalue weighted by Gasteiger charge is 2.24. The van der Waals surface area contributed by atoms with E-state index in [-0.39, 0.29) is 12.1 Å². The van der Waals surface area contributed by atoms with E-state index in [0.717, 1.165) is 19.5 Å². The zero-order chi connectivity index (χ0) is 15.5. The van der Waals surface area contributed by atoms with Gasteiger partial charge in [0.1, 0.15) is 5.60 Å². The molecule has 0 bridgehead atoms. The molecule has 1 amide bonds. The first-order valence-corrected chi connectivity index (χ1v) is 8.23. The Morgan fingerprint density at radius 2 is 2.33 bits per heavy atom. The van der Waals surface area contributed by atoms with Crippen LogP contribution in [0.5, 0.6) is 0 Å². The Balaban J connectivity index is 1.85. The predicted octanol–water partition coefficient (Wildman–Crippen LogP) is 1.96. The van der Waals surface area contributed by atoms with Crippen molar-refractivity contribution < 1.29 is 9.53 Å². The minimum Gasteiger partial charge on any atom is -0.444 e. The number of nitrogens with one attached hydrogen (secondary N) is 1. The molecule has 118 valence electrons. The van der Waals surface area contributed by atoms with Gasteiger partial charge < -0.3 is 15.8 Å². The lowest BCUT2D eigenvalue weighted by Crippen LogP contribution is -2.50. The SMILES string of the molecule is CC(C)(C)OC(=O)NCC(CN)N1CCc2sccc2C1. The van der Waals surface area contributed by atoms with Crippen LogP contribution < -0.4 is 11.1 Å². The minimum atomic E-state index is -0.473. The Hall–Kier alpha value is -1.11. The van der Waals surface area contributed by atoms with Crippen LogP contribution >= 0.6 is 11.3 Å². The van der Waals surface area contributed by atoms with Crippen LogP contribution in [0.2, 0.25) is 0 Å². The van der Waals surface area contributed by atoms with Crippen molar-refractivity contribution in [2.45, 2.75) is 45.4 Å². The average Bonchev–Trinajstić information content (AvgIpc) is 2.84. The molecular weight excluding hydrogens is 286 g/mol.